The van der Waals surface area contributed by atoms with Crippen molar-refractivity contribution in [2.45, 2.75) is 4.90 Å². The van der Waals surface area contributed by atoms with E-state index in [9.17, 15) is 26.0 Å². The van der Waals surface area contributed by atoms with Crippen molar-refractivity contribution >= 4 is 21.4 Å². The summed E-state index contributed by atoms with van der Waals surface area (Å²) >= 11 is 0. The minimum Gasteiger partial charge on any atom is -0.398 e. The topological polar surface area (TPSA) is 72.2 Å². The first kappa shape index (κ1) is 15.1. The van der Waals surface area contributed by atoms with Crippen molar-refractivity contribution in [1.82, 2.24) is 0 Å². The molecule has 2 aromatic carbocycles. The van der Waals surface area contributed by atoms with Crippen molar-refractivity contribution in [2.24, 2.45) is 0 Å². The molecule has 0 aliphatic rings. The van der Waals surface area contributed by atoms with E-state index < -0.39 is 49.6 Å². The predicted octanol–water partition coefficient (Wildman–Crippen LogP) is 2.63. The Morgan fingerprint density at radius 2 is 1.48 bits per heavy atom. The summed E-state index contributed by atoms with van der Waals surface area (Å²) in [6.07, 6.45) is 0. The summed E-state index contributed by atoms with van der Waals surface area (Å²) in [5.74, 6) is -4.84. The molecule has 112 valence electrons. The maximum atomic E-state index is 13.4. The molecule has 0 fully saturated rings. The second-order valence-corrected chi connectivity index (χ2v) is 5.68. The fourth-order valence-corrected chi connectivity index (χ4v) is 2.78. The Morgan fingerprint density at radius 1 is 0.905 bits per heavy atom. The Balaban J connectivity index is 2.47. The first-order chi connectivity index (χ1) is 9.70. The van der Waals surface area contributed by atoms with Crippen LogP contribution in [0.5, 0.6) is 0 Å². The summed E-state index contributed by atoms with van der Waals surface area (Å²) < 4.78 is 78.1. The van der Waals surface area contributed by atoms with Gasteiger partial charge in [0.2, 0.25) is 0 Å². The third-order valence-electron chi connectivity index (χ3n) is 2.50. The molecule has 0 heterocycles. The van der Waals surface area contributed by atoms with Gasteiger partial charge < -0.3 is 5.73 Å². The lowest BCUT2D eigenvalue weighted by Gasteiger charge is -2.11. The van der Waals surface area contributed by atoms with Crippen molar-refractivity contribution in [1.29, 1.82) is 0 Å². The van der Waals surface area contributed by atoms with E-state index in [0.29, 0.717) is 12.1 Å². The Kier molecular flexibility index (Phi) is 3.77. The minimum atomic E-state index is -4.46. The van der Waals surface area contributed by atoms with E-state index in [4.69, 9.17) is 5.73 Å². The van der Waals surface area contributed by atoms with Gasteiger partial charge in [0.1, 0.15) is 22.2 Å². The van der Waals surface area contributed by atoms with Crippen molar-refractivity contribution < 1.29 is 26.0 Å². The molecule has 2 aromatic rings. The number of anilines is 2. The highest BCUT2D eigenvalue weighted by Gasteiger charge is 2.22. The van der Waals surface area contributed by atoms with Crippen LogP contribution in [-0.4, -0.2) is 8.42 Å². The Labute approximate surface area is 117 Å². The van der Waals surface area contributed by atoms with E-state index in [2.05, 4.69) is 0 Å². The third-order valence-corrected chi connectivity index (χ3v) is 3.93. The van der Waals surface area contributed by atoms with Gasteiger partial charge in [-0.3, -0.25) is 4.72 Å². The molecule has 3 N–H and O–H groups in total. The standard InChI is InChI=1S/C12H8F4N2O2S/c13-6-1-2-11(10(17)5-6)21(19,20)18-12-8(15)3-7(14)4-9(12)16/h1-5,18H,17H2. The molecule has 0 unspecified atom stereocenters. The normalized spacial score (nSPS) is 11.4. The summed E-state index contributed by atoms with van der Waals surface area (Å²) in [5.41, 5.74) is 3.86. The molecule has 0 saturated carbocycles. The summed E-state index contributed by atoms with van der Waals surface area (Å²) in [5, 5.41) is 0. The number of sulfonamides is 1. The lowest BCUT2D eigenvalue weighted by Crippen LogP contribution is -2.17. The Hall–Kier alpha value is -2.29. The van der Waals surface area contributed by atoms with Gasteiger partial charge in [-0.15, -0.1) is 0 Å². The second kappa shape index (κ2) is 5.24. The van der Waals surface area contributed by atoms with Gasteiger partial charge in [0, 0.05) is 12.1 Å². The van der Waals surface area contributed by atoms with Crippen LogP contribution in [0.25, 0.3) is 0 Å². The molecule has 0 aliphatic carbocycles. The van der Waals surface area contributed by atoms with E-state index in [-0.39, 0.29) is 0 Å². The highest BCUT2D eigenvalue weighted by molar-refractivity contribution is 7.92. The van der Waals surface area contributed by atoms with Crippen LogP contribution < -0.4 is 10.5 Å². The molecule has 4 nitrogen and oxygen atoms in total. The molecule has 0 radical (unpaired) electrons. The minimum absolute atomic E-state index is 0.314. The predicted molar refractivity (Wildman–Crippen MR) is 67.9 cm³/mol. The highest BCUT2D eigenvalue weighted by Crippen LogP contribution is 2.26. The number of hydrogen-bond donors (Lipinski definition) is 2. The van der Waals surface area contributed by atoms with Crippen LogP contribution in [-0.2, 0) is 10.0 Å². The molecule has 0 aromatic heterocycles. The SMILES string of the molecule is Nc1cc(F)ccc1S(=O)(=O)Nc1c(F)cc(F)cc1F. The average Bonchev–Trinajstić information content (AvgIpc) is 2.33. The van der Waals surface area contributed by atoms with E-state index in [0.717, 1.165) is 18.2 Å². The zero-order valence-electron chi connectivity index (χ0n) is 10.2. The van der Waals surface area contributed by atoms with E-state index in [1.807, 2.05) is 0 Å². The lowest BCUT2D eigenvalue weighted by atomic mass is 10.3. The Bertz CT molecular complexity index is 786. The monoisotopic (exact) mass is 320 g/mol. The quantitative estimate of drug-likeness (QED) is 0.674. The van der Waals surface area contributed by atoms with Gasteiger partial charge in [-0.2, -0.15) is 0 Å². The van der Waals surface area contributed by atoms with Crippen molar-refractivity contribution in [3.05, 3.63) is 53.6 Å². The van der Waals surface area contributed by atoms with Crippen molar-refractivity contribution in [3.8, 4) is 0 Å². The zero-order chi connectivity index (χ0) is 15.8. The zero-order valence-corrected chi connectivity index (χ0v) is 11.0. The first-order valence-electron chi connectivity index (χ1n) is 5.43. The molecule has 0 spiro atoms. The number of nitrogens with two attached hydrogens (primary N) is 1. The fraction of sp³-hybridized carbons (Fsp3) is 0. The first-order valence-corrected chi connectivity index (χ1v) is 6.91. The second-order valence-electron chi connectivity index (χ2n) is 4.03. The summed E-state index contributed by atoms with van der Waals surface area (Å²) in [7, 11) is -4.46. The molecular weight excluding hydrogens is 312 g/mol. The number of nitrogens with one attached hydrogen (secondary N) is 1. The number of nitrogen functional groups attached to an aromatic ring is 1. The van der Waals surface area contributed by atoms with Gasteiger partial charge in [0.15, 0.2) is 11.6 Å². The Morgan fingerprint density at radius 3 is 2.00 bits per heavy atom. The molecule has 9 heteroatoms. The maximum absolute atomic E-state index is 13.4. The third kappa shape index (κ3) is 3.07. The number of halogens is 4. The molecule has 0 saturated heterocycles. The largest absolute Gasteiger partial charge is 0.398 e. The number of rotatable bonds is 3. The van der Waals surface area contributed by atoms with Crippen LogP contribution in [0.15, 0.2) is 35.2 Å². The van der Waals surface area contributed by atoms with Gasteiger partial charge in [-0.25, -0.2) is 26.0 Å². The maximum Gasteiger partial charge on any atom is 0.264 e. The molecular formula is C12H8F4N2O2S. The highest BCUT2D eigenvalue weighted by atomic mass is 32.2. The number of hydrogen-bond acceptors (Lipinski definition) is 3. The number of benzene rings is 2. The summed E-state index contributed by atoms with van der Waals surface area (Å²) in [4.78, 5) is -0.563. The van der Waals surface area contributed by atoms with Gasteiger partial charge in [-0.1, -0.05) is 0 Å². The van der Waals surface area contributed by atoms with E-state index >= 15 is 0 Å². The van der Waals surface area contributed by atoms with Crippen LogP contribution in [0.3, 0.4) is 0 Å². The van der Waals surface area contributed by atoms with Gasteiger partial charge in [0.25, 0.3) is 10.0 Å². The molecule has 21 heavy (non-hydrogen) atoms. The van der Waals surface area contributed by atoms with E-state index in [1.165, 1.54) is 0 Å². The van der Waals surface area contributed by atoms with Crippen LogP contribution in [0, 0.1) is 23.3 Å². The van der Waals surface area contributed by atoms with Gasteiger partial charge in [-0.05, 0) is 18.2 Å². The van der Waals surface area contributed by atoms with E-state index in [1.54, 1.807) is 4.72 Å². The van der Waals surface area contributed by atoms with Gasteiger partial charge in [0.05, 0.1) is 5.69 Å². The summed E-state index contributed by atoms with van der Waals surface area (Å²) in [6.45, 7) is 0. The smallest absolute Gasteiger partial charge is 0.264 e. The average molecular weight is 320 g/mol. The van der Waals surface area contributed by atoms with Crippen LogP contribution >= 0.6 is 0 Å². The lowest BCUT2D eigenvalue weighted by molar-refractivity contribution is 0.547. The molecule has 0 bridgehead atoms. The molecule has 0 amide bonds. The molecule has 2 rings (SSSR count). The van der Waals surface area contributed by atoms with Crippen LogP contribution in [0.2, 0.25) is 0 Å². The van der Waals surface area contributed by atoms with Crippen LogP contribution in [0.4, 0.5) is 28.9 Å². The fourth-order valence-electron chi connectivity index (χ4n) is 1.59. The van der Waals surface area contributed by atoms with Crippen molar-refractivity contribution in [2.75, 3.05) is 10.5 Å². The summed E-state index contributed by atoms with van der Waals surface area (Å²) in [6, 6.07) is 3.03. The molecule has 0 aliphatic heterocycles. The van der Waals surface area contributed by atoms with Gasteiger partial charge >= 0.3 is 0 Å². The van der Waals surface area contributed by atoms with Crippen LogP contribution in [0.1, 0.15) is 0 Å². The van der Waals surface area contributed by atoms with Crippen molar-refractivity contribution in [3.63, 3.8) is 0 Å². The molecule has 0 atom stereocenters.